The topological polar surface area (TPSA) is 101 Å². The molecule has 18 heavy (non-hydrogen) atoms. The van der Waals surface area contributed by atoms with E-state index < -0.39 is 5.97 Å². The van der Waals surface area contributed by atoms with Crippen LogP contribution in [0.15, 0.2) is 46.2 Å². The van der Waals surface area contributed by atoms with E-state index >= 15 is 0 Å². The molecule has 0 rings (SSSR count). The minimum Gasteiger partial charge on any atom is -0.464 e. The highest BCUT2D eigenvalue weighted by atomic mass is 16.5. The number of methoxy groups -OCH3 is 1. The lowest BCUT2D eigenvalue weighted by molar-refractivity contribution is -0.136. The highest BCUT2D eigenvalue weighted by Crippen LogP contribution is 2.00. The van der Waals surface area contributed by atoms with Crippen LogP contribution in [0.1, 0.15) is 0 Å². The number of hydrogen-bond acceptors (Lipinski definition) is 6. The monoisotopic (exact) mass is 246 g/mol. The predicted molar refractivity (Wildman–Crippen MR) is 70.0 cm³/mol. The van der Waals surface area contributed by atoms with Crippen molar-refractivity contribution in [2.24, 2.45) is 15.7 Å². The molecule has 0 aromatic rings. The second-order valence-corrected chi connectivity index (χ2v) is 3.04. The van der Waals surface area contributed by atoms with Gasteiger partial charge in [0.1, 0.15) is 17.5 Å². The molecule has 6 nitrogen and oxygen atoms in total. The third kappa shape index (κ3) is 4.90. The molecule has 0 saturated carbocycles. The van der Waals surface area contributed by atoms with Gasteiger partial charge in [-0.2, -0.15) is 5.26 Å². The van der Waals surface area contributed by atoms with Crippen molar-refractivity contribution in [2.45, 2.75) is 0 Å². The smallest absolute Gasteiger partial charge is 0.353 e. The molecule has 0 aromatic carbocycles. The second kappa shape index (κ2) is 7.57. The molecule has 0 heterocycles. The summed E-state index contributed by atoms with van der Waals surface area (Å²) in [4.78, 5) is 18.7. The van der Waals surface area contributed by atoms with Crippen LogP contribution in [0.5, 0.6) is 0 Å². The normalized spacial score (nSPS) is 12.1. The fraction of sp³-hybridized carbons (Fsp3) is 0.167. The molecule has 0 aliphatic heterocycles. The largest absolute Gasteiger partial charge is 0.464 e. The van der Waals surface area contributed by atoms with E-state index in [-0.39, 0.29) is 11.4 Å². The Morgan fingerprint density at radius 2 is 2.11 bits per heavy atom. The molecule has 0 amide bonds. The molecule has 0 aliphatic carbocycles. The molecule has 0 aliphatic rings. The third-order valence-corrected chi connectivity index (χ3v) is 1.79. The molecule has 94 valence electrons. The maximum atomic E-state index is 11.1. The highest BCUT2D eigenvalue weighted by Gasteiger charge is 2.07. The maximum Gasteiger partial charge on any atom is 0.353 e. The first-order valence-corrected chi connectivity index (χ1v) is 4.80. The Labute approximate surface area is 105 Å². The number of ether oxygens (including phenoxy) is 1. The van der Waals surface area contributed by atoms with Gasteiger partial charge in [0.25, 0.3) is 0 Å². The predicted octanol–water partition coefficient (Wildman–Crippen LogP) is 0.737. The number of allylic oxidation sites excluding steroid dienone is 3. The lowest BCUT2D eigenvalue weighted by Crippen LogP contribution is -2.15. The first kappa shape index (κ1) is 15.3. The summed E-state index contributed by atoms with van der Waals surface area (Å²) >= 11 is 0. The van der Waals surface area contributed by atoms with Gasteiger partial charge in [0.05, 0.1) is 12.8 Å². The van der Waals surface area contributed by atoms with Crippen LogP contribution in [0.25, 0.3) is 0 Å². The number of carbonyl (C=O) groups is 1. The van der Waals surface area contributed by atoms with Gasteiger partial charge in [-0.1, -0.05) is 13.2 Å². The lowest BCUT2D eigenvalue weighted by atomic mass is 10.1. The molecule has 0 aromatic heterocycles. The van der Waals surface area contributed by atoms with E-state index in [1.54, 1.807) is 6.07 Å². The van der Waals surface area contributed by atoms with Crippen molar-refractivity contribution < 1.29 is 9.53 Å². The average Bonchev–Trinajstić information content (AvgIpc) is 2.40. The van der Waals surface area contributed by atoms with E-state index in [1.807, 2.05) is 0 Å². The fourth-order valence-corrected chi connectivity index (χ4v) is 0.876. The zero-order valence-corrected chi connectivity index (χ0v) is 10.3. The summed E-state index contributed by atoms with van der Waals surface area (Å²) in [6.45, 7) is 7.07. The zero-order valence-electron chi connectivity index (χ0n) is 10.3. The van der Waals surface area contributed by atoms with Gasteiger partial charge in [0.15, 0.2) is 0 Å². The van der Waals surface area contributed by atoms with Crippen molar-refractivity contribution in [1.82, 2.24) is 0 Å². The van der Waals surface area contributed by atoms with Crippen molar-refractivity contribution >= 4 is 17.9 Å². The Bertz CT molecular complexity index is 493. The van der Waals surface area contributed by atoms with Crippen LogP contribution < -0.4 is 5.73 Å². The number of aliphatic imine (C=N–C) groups is 2. The summed E-state index contributed by atoms with van der Waals surface area (Å²) < 4.78 is 4.45. The number of nitrogens with two attached hydrogens (primary N) is 1. The molecule has 0 radical (unpaired) electrons. The van der Waals surface area contributed by atoms with Crippen molar-refractivity contribution in [2.75, 3.05) is 14.2 Å². The van der Waals surface area contributed by atoms with E-state index in [2.05, 4.69) is 27.9 Å². The minimum absolute atomic E-state index is 0.0384. The Balaban J connectivity index is 4.99. The first-order valence-electron chi connectivity index (χ1n) is 4.80. The molecule has 6 heteroatoms. The molecule has 0 unspecified atom stereocenters. The number of rotatable bonds is 5. The van der Waals surface area contributed by atoms with Crippen LogP contribution in [-0.2, 0) is 9.53 Å². The van der Waals surface area contributed by atoms with E-state index in [0.717, 1.165) is 0 Å². The molecule has 0 bridgehead atoms. The zero-order chi connectivity index (χ0) is 14.1. The number of nitrogens with zero attached hydrogens (tertiary/aromatic N) is 3. The van der Waals surface area contributed by atoms with Gasteiger partial charge in [0.2, 0.25) is 0 Å². The summed E-state index contributed by atoms with van der Waals surface area (Å²) in [5.74, 6) is -0.665. The highest BCUT2D eigenvalue weighted by molar-refractivity contribution is 6.22. The van der Waals surface area contributed by atoms with Crippen molar-refractivity contribution in [1.29, 1.82) is 5.26 Å². The molecule has 2 N–H and O–H groups in total. The second-order valence-electron chi connectivity index (χ2n) is 3.04. The van der Waals surface area contributed by atoms with Crippen LogP contribution in [0, 0.1) is 11.3 Å². The van der Waals surface area contributed by atoms with Gasteiger partial charge >= 0.3 is 5.97 Å². The van der Waals surface area contributed by atoms with Crippen molar-refractivity contribution in [3.63, 3.8) is 0 Å². The van der Waals surface area contributed by atoms with Crippen LogP contribution in [-0.4, -0.2) is 32.1 Å². The van der Waals surface area contributed by atoms with Gasteiger partial charge in [-0.15, -0.1) is 0 Å². The molecule has 0 spiro atoms. The van der Waals surface area contributed by atoms with Crippen LogP contribution >= 0.6 is 0 Å². The number of hydrogen-bond donors (Lipinski definition) is 1. The van der Waals surface area contributed by atoms with E-state index in [9.17, 15) is 4.79 Å². The minimum atomic E-state index is -0.665. The Morgan fingerprint density at radius 3 is 2.56 bits per heavy atom. The number of nitriles is 1. The van der Waals surface area contributed by atoms with Gasteiger partial charge in [0, 0.05) is 18.8 Å². The van der Waals surface area contributed by atoms with Crippen LogP contribution in [0.3, 0.4) is 0 Å². The molecular formula is C12H14N4O2. The maximum absolute atomic E-state index is 11.1. The van der Waals surface area contributed by atoms with Gasteiger partial charge < -0.3 is 10.5 Å². The molecule has 0 saturated heterocycles. The summed E-state index contributed by atoms with van der Waals surface area (Å²) in [5.41, 5.74) is 6.15. The summed E-state index contributed by atoms with van der Waals surface area (Å²) in [7, 11) is 2.73. The van der Waals surface area contributed by atoms with E-state index in [0.29, 0.717) is 11.3 Å². The fourth-order valence-electron chi connectivity index (χ4n) is 0.876. The summed E-state index contributed by atoms with van der Waals surface area (Å²) in [6, 6.07) is 1.76. The number of esters is 1. The van der Waals surface area contributed by atoms with E-state index in [1.165, 1.54) is 26.4 Å². The lowest BCUT2D eigenvalue weighted by Gasteiger charge is -2.02. The van der Waals surface area contributed by atoms with Gasteiger partial charge in [-0.25, -0.2) is 9.79 Å². The van der Waals surface area contributed by atoms with Crippen molar-refractivity contribution in [3.8, 4) is 6.07 Å². The number of carbonyl (C=O) groups excluding carboxylic acids is 1. The Kier molecular flexibility index (Phi) is 6.44. The van der Waals surface area contributed by atoms with Crippen molar-refractivity contribution in [3.05, 3.63) is 36.2 Å². The molecular weight excluding hydrogens is 232 g/mol. The Hall–Kier alpha value is -2.68. The molecule has 0 fully saturated rings. The van der Waals surface area contributed by atoms with Crippen LogP contribution in [0.4, 0.5) is 0 Å². The summed E-state index contributed by atoms with van der Waals surface area (Å²) in [5, 5.41) is 8.48. The quantitative estimate of drug-likeness (QED) is 0.334. The van der Waals surface area contributed by atoms with Gasteiger partial charge in [-0.3, -0.25) is 4.99 Å². The first-order chi connectivity index (χ1) is 8.46. The third-order valence-electron chi connectivity index (χ3n) is 1.79. The molecule has 0 atom stereocenters. The van der Waals surface area contributed by atoms with Crippen LogP contribution in [0.2, 0.25) is 0 Å². The average molecular weight is 246 g/mol. The Morgan fingerprint density at radius 1 is 1.50 bits per heavy atom. The SMILES string of the molecule is C=C(C#N)N=CC(=C)C(C=C(N)C(=O)OC)=NC. The standard InChI is InChI=1S/C12H14N4O2/c1-8(7-16-9(2)6-13)11(15-3)5-10(14)12(17)18-4/h5,7H,1-2,14H2,3-4H3. The summed E-state index contributed by atoms with van der Waals surface area (Å²) in [6.07, 6.45) is 2.63. The van der Waals surface area contributed by atoms with E-state index in [4.69, 9.17) is 11.0 Å². The van der Waals surface area contributed by atoms with Gasteiger partial charge in [-0.05, 0) is 6.08 Å².